The van der Waals surface area contributed by atoms with Gasteiger partial charge < -0.3 is 5.32 Å². The van der Waals surface area contributed by atoms with Crippen molar-refractivity contribution in [3.8, 4) is 0 Å². The summed E-state index contributed by atoms with van der Waals surface area (Å²) in [6.45, 7) is 2.09. The predicted octanol–water partition coefficient (Wildman–Crippen LogP) is 2.95. The third-order valence-corrected chi connectivity index (χ3v) is 3.93. The Labute approximate surface area is 131 Å². The van der Waals surface area contributed by atoms with E-state index in [2.05, 4.69) is 12.2 Å². The number of anilines is 1. The molecule has 22 heavy (non-hydrogen) atoms. The molecule has 1 aliphatic rings. The van der Waals surface area contributed by atoms with Gasteiger partial charge in [0.15, 0.2) is 11.6 Å². The highest BCUT2D eigenvalue weighted by molar-refractivity contribution is 6.28. The van der Waals surface area contributed by atoms with E-state index in [-0.39, 0.29) is 18.0 Å². The smallest absolute Gasteiger partial charge is 0.194 e. The standard InChI is InChI=1S/C18H16BNO2/c1-2-3-11-4-6-13-15(8-11)17(21)14-7-5-12(20-10-19)9-16(14)18(13)22/h4-9,20H,2-3,10H2,1H3. The van der Waals surface area contributed by atoms with E-state index in [1.54, 1.807) is 24.3 Å². The number of carbonyl (C=O) groups excluding carboxylic acids is 2. The Morgan fingerprint density at radius 1 is 0.909 bits per heavy atom. The lowest BCUT2D eigenvalue weighted by Crippen LogP contribution is -2.21. The number of benzene rings is 2. The molecule has 0 saturated carbocycles. The van der Waals surface area contributed by atoms with E-state index in [1.165, 1.54) is 0 Å². The minimum absolute atomic E-state index is 0.0816. The van der Waals surface area contributed by atoms with Crippen LogP contribution < -0.4 is 5.32 Å². The van der Waals surface area contributed by atoms with Crippen molar-refractivity contribution >= 4 is 25.1 Å². The Morgan fingerprint density at radius 2 is 1.55 bits per heavy atom. The Bertz CT molecular complexity index is 702. The summed E-state index contributed by atoms with van der Waals surface area (Å²) in [7, 11) is 5.46. The fraction of sp³-hybridized carbons (Fsp3) is 0.222. The van der Waals surface area contributed by atoms with Crippen molar-refractivity contribution in [3.63, 3.8) is 0 Å². The molecule has 3 rings (SSSR count). The van der Waals surface area contributed by atoms with Gasteiger partial charge in [-0.25, -0.2) is 0 Å². The molecule has 2 aromatic rings. The first kappa shape index (κ1) is 14.6. The van der Waals surface area contributed by atoms with Crippen LogP contribution in [0.25, 0.3) is 0 Å². The maximum absolute atomic E-state index is 12.7. The highest BCUT2D eigenvalue weighted by Gasteiger charge is 2.29. The van der Waals surface area contributed by atoms with Crippen molar-refractivity contribution in [1.82, 2.24) is 0 Å². The maximum atomic E-state index is 12.7. The summed E-state index contributed by atoms with van der Waals surface area (Å²) in [6.07, 6.45) is 2.19. The SMILES string of the molecule is [B]CNc1ccc2c(c1)C(=O)c1ccc(CCC)cc1C2=O. The first-order chi connectivity index (χ1) is 10.7. The summed E-state index contributed by atoms with van der Waals surface area (Å²) in [5.74, 6) is -0.185. The molecule has 3 nitrogen and oxygen atoms in total. The number of hydrogen-bond acceptors (Lipinski definition) is 3. The van der Waals surface area contributed by atoms with Gasteiger partial charge in [0.2, 0.25) is 0 Å². The quantitative estimate of drug-likeness (QED) is 0.751. The van der Waals surface area contributed by atoms with Crippen LogP contribution in [0.5, 0.6) is 0 Å². The lowest BCUT2D eigenvalue weighted by Gasteiger charge is -2.19. The molecule has 0 spiro atoms. The van der Waals surface area contributed by atoms with Crippen molar-refractivity contribution < 1.29 is 9.59 Å². The number of ketones is 2. The summed E-state index contributed by atoms with van der Waals surface area (Å²) in [4.78, 5) is 25.3. The van der Waals surface area contributed by atoms with Gasteiger partial charge in [0.05, 0.1) is 7.85 Å². The van der Waals surface area contributed by atoms with Gasteiger partial charge in [-0.3, -0.25) is 9.59 Å². The minimum Gasteiger partial charge on any atom is -0.394 e. The Morgan fingerprint density at radius 3 is 2.18 bits per heavy atom. The lowest BCUT2D eigenvalue weighted by atomic mass is 9.83. The molecule has 0 atom stereocenters. The monoisotopic (exact) mass is 289 g/mol. The molecule has 0 amide bonds. The molecule has 2 aromatic carbocycles. The van der Waals surface area contributed by atoms with E-state index in [1.807, 2.05) is 12.1 Å². The second-order valence-corrected chi connectivity index (χ2v) is 5.43. The van der Waals surface area contributed by atoms with Gasteiger partial charge in [-0.05, 0) is 42.7 Å². The molecule has 0 saturated heterocycles. The van der Waals surface area contributed by atoms with Crippen molar-refractivity contribution in [2.75, 3.05) is 11.8 Å². The molecule has 1 aliphatic carbocycles. The Kier molecular flexibility index (Phi) is 3.84. The van der Waals surface area contributed by atoms with Crippen LogP contribution >= 0.6 is 0 Å². The number of carbonyl (C=O) groups is 2. The topological polar surface area (TPSA) is 46.2 Å². The molecular weight excluding hydrogens is 273 g/mol. The predicted molar refractivity (Wildman–Crippen MR) is 88.0 cm³/mol. The summed E-state index contributed by atoms with van der Waals surface area (Å²) in [5, 5.41) is 2.96. The summed E-state index contributed by atoms with van der Waals surface area (Å²) in [5.41, 5.74) is 3.75. The van der Waals surface area contributed by atoms with Crippen LogP contribution in [0.1, 0.15) is 50.8 Å². The van der Waals surface area contributed by atoms with Gasteiger partial charge >= 0.3 is 0 Å². The molecule has 4 heteroatoms. The normalized spacial score (nSPS) is 12.8. The largest absolute Gasteiger partial charge is 0.394 e. The molecule has 0 bridgehead atoms. The lowest BCUT2D eigenvalue weighted by molar-refractivity contribution is 0.0979. The summed E-state index contributed by atoms with van der Waals surface area (Å²) in [6, 6.07) is 10.7. The van der Waals surface area contributed by atoms with Gasteiger partial charge in [0.1, 0.15) is 0 Å². The average Bonchev–Trinajstić information content (AvgIpc) is 2.53. The van der Waals surface area contributed by atoms with Crippen LogP contribution in [0.4, 0.5) is 5.69 Å². The van der Waals surface area contributed by atoms with E-state index < -0.39 is 0 Å². The number of nitrogens with one attached hydrogen (secondary N) is 1. The number of fused-ring (bicyclic) bond motifs is 2. The van der Waals surface area contributed by atoms with Crippen LogP contribution in [0.3, 0.4) is 0 Å². The molecule has 1 N–H and O–H groups in total. The molecule has 0 aromatic heterocycles. The summed E-state index contributed by atoms with van der Waals surface area (Å²) < 4.78 is 0. The molecule has 0 fully saturated rings. The third-order valence-electron chi connectivity index (χ3n) is 3.93. The van der Waals surface area contributed by atoms with Gasteiger partial charge in [0, 0.05) is 27.9 Å². The van der Waals surface area contributed by atoms with Gasteiger partial charge in [0.25, 0.3) is 0 Å². The van der Waals surface area contributed by atoms with Crippen LogP contribution in [-0.2, 0) is 6.42 Å². The zero-order valence-electron chi connectivity index (χ0n) is 12.5. The molecule has 108 valence electrons. The zero-order valence-corrected chi connectivity index (χ0v) is 12.5. The minimum atomic E-state index is -0.103. The van der Waals surface area contributed by atoms with Crippen LogP contribution in [0.2, 0.25) is 0 Å². The van der Waals surface area contributed by atoms with Crippen molar-refractivity contribution in [2.24, 2.45) is 0 Å². The highest BCUT2D eigenvalue weighted by Crippen LogP contribution is 2.30. The Balaban J connectivity index is 2.10. The van der Waals surface area contributed by atoms with E-state index in [0.29, 0.717) is 22.3 Å². The summed E-state index contributed by atoms with van der Waals surface area (Å²) >= 11 is 0. The van der Waals surface area contributed by atoms with E-state index >= 15 is 0 Å². The number of aryl methyl sites for hydroxylation is 1. The second kappa shape index (κ2) is 5.80. The molecule has 2 radical (unpaired) electrons. The third kappa shape index (κ3) is 2.35. The molecular formula is C18H16BNO2. The van der Waals surface area contributed by atoms with Crippen LogP contribution in [-0.4, -0.2) is 25.9 Å². The van der Waals surface area contributed by atoms with Crippen molar-refractivity contribution in [1.29, 1.82) is 0 Å². The van der Waals surface area contributed by atoms with E-state index in [9.17, 15) is 9.59 Å². The number of rotatable bonds is 4. The first-order valence-electron chi connectivity index (χ1n) is 7.46. The fourth-order valence-electron chi connectivity index (χ4n) is 2.87. The number of hydrogen-bond donors (Lipinski definition) is 1. The van der Waals surface area contributed by atoms with Crippen molar-refractivity contribution in [2.45, 2.75) is 19.8 Å². The van der Waals surface area contributed by atoms with Crippen molar-refractivity contribution in [3.05, 3.63) is 64.2 Å². The molecule has 0 unspecified atom stereocenters. The average molecular weight is 289 g/mol. The Hall–Kier alpha value is -2.36. The molecule has 0 aliphatic heterocycles. The zero-order chi connectivity index (χ0) is 15.7. The highest BCUT2D eigenvalue weighted by atomic mass is 16.1. The second-order valence-electron chi connectivity index (χ2n) is 5.43. The first-order valence-corrected chi connectivity index (χ1v) is 7.46. The van der Waals surface area contributed by atoms with Crippen LogP contribution in [0.15, 0.2) is 36.4 Å². The van der Waals surface area contributed by atoms with E-state index in [4.69, 9.17) is 7.85 Å². The van der Waals surface area contributed by atoms with Gasteiger partial charge in [-0.1, -0.05) is 25.5 Å². The van der Waals surface area contributed by atoms with Crippen LogP contribution in [0, 0.1) is 0 Å². The van der Waals surface area contributed by atoms with Gasteiger partial charge in [-0.15, -0.1) is 0 Å². The van der Waals surface area contributed by atoms with Gasteiger partial charge in [-0.2, -0.15) is 0 Å². The molecule has 0 heterocycles. The fourth-order valence-corrected chi connectivity index (χ4v) is 2.87. The van der Waals surface area contributed by atoms with E-state index in [0.717, 1.165) is 24.1 Å². The maximum Gasteiger partial charge on any atom is 0.194 e.